The maximum absolute atomic E-state index is 12.0. The molecule has 0 radical (unpaired) electrons. The topological polar surface area (TPSA) is 20.3 Å². The van der Waals surface area contributed by atoms with Crippen LogP contribution in [0.2, 0.25) is 0 Å². The lowest BCUT2D eigenvalue weighted by atomic mass is 10.1. The second-order valence-electron chi connectivity index (χ2n) is 4.83. The van der Waals surface area contributed by atoms with Crippen LogP contribution >= 0.6 is 0 Å². The molecule has 0 aliphatic carbocycles. The number of hydrogen-bond donors (Lipinski definition) is 0. The molecule has 0 saturated heterocycles. The SMILES string of the molecule is CCCCN(CC)CCC(=O)c1ccc(C)cc1. The van der Waals surface area contributed by atoms with E-state index in [9.17, 15) is 4.79 Å². The van der Waals surface area contributed by atoms with E-state index < -0.39 is 0 Å². The Balaban J connectivity index is 2.42. The third-order valence-corrected chi connectivity index (χ3v) is 3.30. The molecule has 0 N–H and O–H groups in total. The smallest absolute Gasteiger partial charge is 0.164 e. The summed E-state index contributed by atoms with van der Waals surface area (Å²) in [5.41, 5.74) is 2.04. The van der Waals surface area contributed by atoms with Crippen LogP contribution in [0.15, 0.2) is 24.3 Å². The molecular formula is C16H25NO. The predicted molar refractivity (Wildman–Crippen MR) is 77.1 cm³/mol. The summed E-state index contributed by atoms with van der Waals surface area (Å²) in [7, 11) is 0. The summed E-state index contributed by atoms with van der Waals surface area (Å²) in [5.74, 6) is 0.255. The monoisotopic (exact) mass is 247 g/mol. The van der Waals surface area contributed by atoms with Crippen LogP contribution in [0.3, 0.4) is 0 Å². The van der Waals surface area contributed by atoms with Crippen LogP contribution in [0.1, 0.15) is 49.0 Å². The molecule has 0 unspecified atom stereocenters. The third kappa shape index (κ3) is 5.01. The van der Waals surface area contributed by atoms with Crippen LogP contribution in [0.4, 0.5) is 0 Å². The Morgan fingerprint density at radius 2 is 1.78 bits per heavy atom. The van der Waals surface area contributed by atoms with E-state index in [1.165, 1.54) is 18.4 Å². The van der Waals surface area contributed by atoms with Crippen molar-refractivity contribution in [2.24, 2.45) is 0 Å². The number of hydrogen-bond acceptors (Lipinski definition) is 2. The number of benzene rings is 1. The van der Waals surface area contributed by atoms with Crippen molar-refractivity contribution < 1.29 is 4.79 Å². The van der Waals surface area contributed by atoms with E-state index in [2.05, 4.69) is 18.7 Å². The quantitative estimate of drug-likeness (QED) is 0.653. The first-order valence-electron chi connectivity index (χ1n) is 6.99. The van der Waals surface area contributed by atoms with Gasteiger partial charge in [0, 0.05) is 18.5 Å². The highest BCUT2D eigenvalue weighted by Crippen LogP contribution is 2.07. The minimum atomic E-state index is 0.255. The van der Waals surface area contributed by atoms with Crippen molar-refractivity contribution in [1.82, 2.24) is 4.90 Å². The molecule has 0 amide bonds. The lowest BCUT2D eigenvalue weighted by molar-refractivity contribution is 0.0965. The fourth-order valence-corrected chi connectivity index (χ4v) is 1.95. The van der Waals surface area contributed by atoms with Gasteiger partial charge in [0.25, 0.3) is 0 Å². The van der Waals surface area contributed by atoms with E-state index in [-0.39, 0.29) is 5.78 Å². The van der Waals surface area contributed by atoms with E-state index in [0.717, 1.165) is 25.2 Å². The normalized spacial score (nSPS) is 10.9. The summed E-state index contributed by atoms with van der Waals surface area (Å²) >= 11 is 0. The van der Waals surface area contributed by atoms with Crippen LogP contribution in [0.5, 0.6) is 0 Å². The highest BCUT2D eigenvalue weighted by atomic mass is 16.1. The molecule has 2 nitrogen and oxygen atoms in total. The first-order chi connectivity index (χ1) is 8.67. The fraction of sp³-hybridized carbons (Fsp3) is 0.562. The summed E-state index contributed by atoms with van der Waals surface area (Å²) in [4.78, 5) is 14.4. The number of rotatable bonds is 8. The summed E-state index contributed by atoms with van der Waals surface area (Å²) in [6.45, 7) is 9.41. The summed E-state index contributed by atoms with van der Waals surface area (Å²) < 4.78 is 0. The first-order valence-corrected chi connectivity index (χ1v) is 6.99. The lowest BCUT2D eigenvalue weighted by Gasteiger charge is -2.19. The molecule has 0 saturated carbocycles. The van der Waals surface area contributed by atoms with Crippen molar-refractivity contribution in [2.45, 2.75) is 40.0 Å². The predicted octanol–water partition coefficient (Wildman–Crippen LogP) is 3.69. The molecule has 0 bridgehead atoms. The highest BCUT2D eigenvalue weighted by molar-refractivity contribution is 5.96. The zero-order valence-electron chi connectivity index (χ0n) is 11.9. The van der Waals surface area contributed by atoms with Gasteiger partial charge in [0.15, 0.2) is 5.78 Å². The van der Waals surface area contributed by atoms with Gasteiger partial charge < -0.3 is 4.90 Å². The van der Waals surface area contributed by atoms with E-state index in [1.54, 1.807) is 0 Å². The molecule has 1 rings (SSSR count). The molecule has 0 aliphatic heterocycles. The average Bonchev–Trinajstić information content (AvgIpc) is 2.39. The third-order valence-electron chi connectivity index (χ3n) is 3.30. The van der Waals surface area contributed by atoms with Crippen molar-refractivity contribution in [1.29, 1.82) is 0 Å². The molecule has 1 aromatic rings. The Labute approximate surface area is 111 Å². The zero-order chi connectivity index (χ0) is 13.4. The van der Waals surface area contributed by atoms with Crippen LogP contribution in [0.25, 0.3) is 0 Å². The van der Waals surface area contributed by atoms with E-state index in [4.69, 9.17) is 0 Å². The van der Waals surface area contributed by atoms with Crippen LogP contribution in [-0.4, -0.2) is 30.3 Å². The Morgan fingerprint density at radius 3 is 2.33 bits per heavy atom. The molecule has 0 atom stereocenters. The van der Waals surface area contributed by atoms with Gasteiger partial charge in [-0.25, -0.2) is 0 Å². The van der Waals surface area contributed by atoms with Gasteiger partial charge in [0.05, 0.1) is 0 Å². The number of carbonyl (C=O) groups excluding carboxylic acids is 1. The van der Waals surface area contributed by atoms with Crippen molar-refractivity contribution in [3.05, 3.63) is 35.4 Å². The van der Waals surface area contributed by atoms with Gasteiger partial charge in [0.1, 0.15) is 0 Å². The molecule has 100 valence electrons. The Bertz CT molecular complexity index is 356. The second kappa shape index (κ2) is 8.04. The zero-order valence-corrected chi connectivity index (χ0v) is 11.9. The van der Waals surface area contributed by atoms with Gasteiger partial charge in [-0.3, -0.25) is 4.79 Å². The van der Waals surface area contributed by atoms with Gasteiger partial charge >= 0.3 is 0 Å². The molecular weight excluding hydrogens is 222 g/mol. The van der Waals surface area contributed by atoms with Gasteiger partial charge in [-0.2, -0.15) is 0 Å². The van der Waals surface area contributed by atoms with Gasteiger partial charge in [-0.15, -0.1) is 0 Å². The van der Waals surface area contributed by atoms with Gasteiger partial charge in [-0.05, 0) is 26.4 Å². The fourth-order valence-electron chi connectivity index (χ4n) is 1.95. The van der Waals surface area contributed by atoms with Crippen molar-refractivity contribution in [2.75, 3.05) is 19.6 Å². The highest BCUT2D eigenvalue weighted by Gasteiger charge is 2.08. The molecule has 0 aliphatic rings. The van der Waals surface area contributed by atoms with E-state index in [0.29, 0.717) is 6.42 Å². The van der Waals surface area contributed by atoms with Gasteiger partial charge in [-0.1, -0.05) is 50.1 Å². The van der Waals surface area contributed by atoms with E-state index in [1.807, 2.05) is 31.2 Å². The maximum atomic E-state index is 12.0. The Kier molecular flexibility index (Phi) is 6.66. The summed E-state index contributed by atoms with van der Waals surface area (Å²) in [5, 5.41) is 0. The molecule has 0 spiro atoms. The van der Waals surface area contributed by atoms with Crippen molar-refractivity contribution in [3.8, 4) is 0 Å². The number of Topliss-reactive ketones (excluding diaryl/α,β-unsaturated/α-hetero) is 1. The molecule has 2 heteroatoms. The number of nitrogens with zero attached hydrogens (tertiary/aromatic N) is 1. The van der Waals surface area contributed by atoms with Crippen LogP contribution in [0, 0.1) is 6.92 Å². The molecule has 1 aromatic carbocycles. The van der Waals surface area contributed by atoms with Crippen LogP contribution < -0.4 is 0 Å². The Hall–Kier alpha value is -1.15. The standard InChI is InChI=1S/C16H25NO/c1-4-6-12-17(5-2)13-11-16(18)15-9-7-14(3)8-10-15/h7-10H,4-6,11-13H2,1-3H3. The largest absolute Gasteiger partial charge is 0.303 e. The number of ketones is 1. The van der Waals surface area contributed by atoms with Crippen LogP contribution in [-0.2, 0) is 0 Å². The average molecular weight is 247 g/mol. The minimum Gasteiger partial charge on any atom is -0.303 e. The lowest BCUT2D eigenvalue weighted by Crippen LogP contribution is -2.27. The molecule has 0 fully saturated rings. The van der Waals surface area contributed by atoms with Crippen molar-refractivity contribution in [3.63, 3.8) is 0 Å². The first kappa shape index (κ1) is 14.9. The Morgan fingerprint density at radius 1 is 1.11 bits per heavy atom. The number of carbonyl (C=O) groups is 1. The van der Waals surface area contributed by atoms with Crippen molar-refractivity contribution >= 4 is 5.78 Å². The minimum absolute atomic E-state index is 0.255. The number of unbranched alkanes of at least 4 members (excludes halogenated alkanes) is 1. The van der Waals surface area contributed by atoms with Gasteiger partial charge in [0.2, 0.25) is 0 Å². The maximum Gasteiger partial charge on any atom is 0.164 e. The molecule has 0 heterocycles. The molecule has 18 heavy (non-hydrogen) atoms. The summed E-state index contributed by atoms with van der Waals surface area (Å²) in [6, 6.07) is 7.86. The van der Waals surface area contributed by atoms with E-state index >= 15 is 0 Å². The second-order valence-corrected chi connectivity index (χ2v) is 4.83. The molecule has 0 aromatic heterocycles. The summed E-state index contributed by atoms with van der Waals surface area (Å²) in [6.07, 6.45) is 3.05. The number of aryl methyl sites for hydroxylation is 1.